The lowest BCUT2D eigenvalue weighted by molar-refractivity contribution is 0.133. The van der Waals surface area contributed by atoms with E-state index in [1.54, 1.807) is 0 Å². The lowest BCUT2D eigenvalue weighted by Gasteiger charge is -2.39. The molecule has 0 spiro atoms. The summed E-state index contributed by atoms with van der Waals surface area (Å²) in [5, 5.41) is 10.2. The molecule has 0 saturated heterocycles. The maximum Gasteiger partial charge on any atom is 0.119 e. The molecule has 1 aromatic carbocycles. The van der Waals surface area contributed by atoms with Crippen molar-refractivity contribution in [2.24, 2.45) is 16.7 Å². The molecule has 3 unspecified atom stereocenters. The molecule has 0 amide bonds. The molecule has 3 atom stereocenters. The monoisotopic (exact) mass is 244 g/mol. The molecule has 3 rings (SSSR count). The molecule has 0 radical (unpaired) electrons. The molecule has 2 saturated carbocycles. The number of aryl methyl sites for hydroxylation is 1. The minimum atomic E-state index is 0.350. The second-order valence-corrected chi connectivity index (χ2v) is 7.23. The highest BCUT2D eigenvalue weighted by Crippen LogP contribution is 2.71. The van der Waals surface area contributed by atoms with Gasteiger partial charge in [-0.05, 0) is 60.5 Å². The van der Waals surface area contributed by atoms with Gasteiger partial charge in [0.25, 0.3) is 0 Å². The number of phenols is 1. The fraction of sp³-hybridized carbons (Fsp3) is 0.647. The van der Waals surface area contributed by atoms with E-state index in [1.807, 2.05) is 12.1 Å². The Morgan fingerprint density at radius 3 is 2.50 bits per heavy atom. The molecular weight excluding hydrogens is 220 g/mol. The molecule has 1 aromatic rings. The lowest BCUT2D eigenvalue weighted by Crippen LogP contribution is -2.31. The average molecular weight is 244 g/mol. The van der Waals surface area contributed by atoms with Gasteiger partial charge in [-0.25, -0.2) is 0 Å². The first-order valence-corrected chi connectivity index (χ1v) is 7.16. The number of rotatable bonds is 1. The van der Waals surface area contributed by atoms with Crippen molar-refractivity contribution in [3.8, 4) is 5.75 Å². The minimum absolute atomic E-state index is 0.350. The van der Waals surface area contributed by atoms with Crippen LogP contribution in [-0.2, 0) is 0 Å². The maximum atomic E-state index is 10.2. The zero-order valence-electron chi connectivity index (χ0n) is 12.0. The summed E-state index contributed by atoms with van der Waals surface area (Å²) >= 11 is 0. The summed E-state index contributed by atoms with van der Waals surface area (Å²) < 4.78 is 0. The van der Waals surface area contributed by atoms with Gasteiger partial charge in [0.05, 0.1) is 0 Å². The molecule has 0 heterocycles. The first kappa shape index (κ1) is 12.1. The summed E-state index contributed by atoms with van der Waals surface area (Å²) in [6.07, 6.45) is 3.93. The Morgan fingerprint density at radius 2 is 1.94 bits per heavy atom. The van der Waals surface area contributed by atoms with Crippen LogP contribution in [0.4, 0.5) is 0 Å². The second kappa shape index (κ2) is 3.53. The SMILES string of the molecule is Cc1ccc(O)c(C2CC3CCC2(C)C3(C)C)c1. The fourth-order valence-electron chi connectivity index (χ4n) is 4.63. The largest absolute Gasteiger partial charge is 0.508 e. The van der Waals surface area contributed by atoms with Crippen LogP contribution in [0, 0.1) is 23.7 Å². The van der Waals surface area contributed by atoms with Gasteiger partial charge in [0.2, 0.25) is 0 Å². The molecule has 2 bridgehead atoms. The Kier molecular flexibility index (Phi) is 2.36. The Balaban J connectivity index is 2.07. The molecule has 2 aliphatic carbocycles. The van der Waals surface area contributed by atoms with Gasteiger partial charge >= 0.3 is 0 Å². The van der Waals surface area contributed by atoms with Gasteiger partial charge in [0.1, 0.15) is 5.75 Å². The summed E-state index contributed by atoms with van der Waals surface area (Å²) in [6.45, 7) is 9.41. The van der Waals surface area contributed by atoms with E-state index < -0.39 is 0 Å². The molecule has 18 heavy (non-hydrogen) atoms. The second-order valence-electron chi connectivity index (χ2n) is 7.23. The molecule has 0 aromatic heterocycles. The predicted molar refractivity (Wildman–Crippen MR) is 74.8 cm³/mol. The highest BCUT2D eigenvalue weighted by molar-refractivity contribution is 5.41. The van der Waals surface area contributed by atoms with Gasteiger partial charge in [0.15, 0.2) is 0 Å². The molecule has 2 aliphatic rings. The normalized spacial score (nSPS) is 37.1. The quantitative estimate of drug-likeness (QED) is 0.763. The number of phenolic OH excluding ortho intramolecular Hbond substituents is 1. The maximum absolute atomic E-state index is 10.2. The summed E-state index contributed by atoms with van der Waals surface area (Å²) in [7, 11) is 0. The van der Waals surface area contributed by atoms with Crippen molar-refractivity contribution in [1.82, 2.24) is 0 Å². The zero-order chi connectivity index (χ0) is 13.1. The van der Waals surface area contributed by atoms with E-state index in [1.165, 1.54) is 30.4 Å². The lowest BCUT2D eigenvalue weighted by atomic mass is 9.65. The molecule has 2 fully saturated rings. The number of benzene rings is 1. The third-order valence-electron chi connectivity index (χ3n) is 6.35. The van der Waals surface area contributed by atoms with Crippen molar-refractivity contribution >= 4 is 0 Å². The molecule has 1 N–H and O–H groups in total. The summed E-state index contributed by atoms with van der Waals surface area (Å²) in [5.74, 6) is 1.86. The Morgan fingerprint density at radius 1 is 1.22 bits per heavy atom. The van der Waals surface area contributed by atoms with Crippen LogP contribution in [0.25, 0.3) is 0 Å². The van der Waals surface area contributed by atoms with E-state index in [4.69, 9.17) is 0 Å². The Bertz CT molecular complexity index is 488. The minimum Gasteiger partial charge on any atom is -0.508 e. The van der Waals surface area contributed by atoms with E-state index in [2.05, 4.69) is 33.8 Å². The van der Waals surface area contributed by atoms with Crippen LogP contribution >= 0.6 is 0 Å². The van der Waals surface area contributed by atoms with E-state index >= 15 is 0 Å². The van der Waals surface area contributed by atoms with Crippen LogP contribution in [0.15, 0.2) is 18.2 Å². The van der Waals surface area contributed by atoms with Gasteiger partial charge in [-0.2, -0.15) is 0 Å². The van der Waals surface area contributed by atoms with E-state index in [0.717, 1.165) is 5.92 Å². The van der Waals surface area contributed by atoms with E-state index in [-0.39, 0.29) is 0 Å². The van der Waals surface area contributed by atoms with Gasteiger partial charge in [-0.1, -0.05) is 38.5 Å². The van der Waals surface area contributed by atoms with Crippen molar-refractivity contribution in [1.29, 1.82) is 0 Å². The number of hydrogen-bond donors (Lipinski definition) is 1. The zero-order valence-corrected chi connectivity index (χ0v) is 12.0. The Hall–Kier alpha value is -0.980. The summed E-state index contributed by atoms with van der Waals surface area (Å²) in [5.41, 5.74) is 3.20. The average Bonchev–Trinajstić information content (AvgIpc) is 2.64. The van der Waals surface area contributed by atoms with Gasteiger partial charge in [-0.15, -0.1) is 0 Å². The molecule has 0 aliphatic heterocycles. The van der Waals surface area contributed by atoms with Crippen molar-refractivity contribution in [3.05, 3.63) is 29.3 Å². The fourth-order valence-corrected chi connectivity index (χ4v) is 4.63. The number of fused-ring (bicyclic) bond motifs is 2. The first-order valence-electron chi connectivity index (χ1n) is 7.16. The molecule has 1 heteroatoms. The van der Waals surface area contributed by atoms with E-state index in [0.29, 0.717) is 22.5 Å². The topological polar surface area (TPSA) is 20.2 Å². The van der Waals surface area contributed by atoms with E-state index in [9.17, 15) is 5.11 Å². The van der Waals surface area contributed by atoms with Gasteiger partial charge in [0, 0.05) is 0 Å². The van der Waals surface area contributed by atoms with Crippen LogP contribution < -0.4 is 0 Å². The third kappa shape index (κ3) is 1.34. The summed E-state index contributed by atoms with van der Waals surface area (Å²) in [4.78, 5) is 0. The smallest absolute Gasteiger partial charge is 0.119 e. The highest BCUT2D eigenvalue weighted by atomic mass is 16.3. The van der Waals surface area contributed by atoms with Crippen LogP contribution in [-0.4, -0.2) is 5.11 Å². The predicted octanol–water partition coefficient (Wildman–Crippen LogP) is 4.63. The Labute approximate surface area is 110 Å². The van der Waals surface area contributed by atoms with Crippen LogP contribution in [0.5, 0.6) is 5.75 Å². The molecule has 98 valence electrons. The van der Waals surface area contributed by atoms with Gasteiger partial charge in [-0.3, -0.25) is 0 Å². The standard InChI is InChI=1S/C17H24O/c1-11-5-6-15(18)13(9-11)14-10-12-7-8-17(14,4)16(12,2)3/h5-6,9,12,14,18H,7-8,10H2,1-4H3. The van der Waals surface area contributed by atoms with Gasteiger partial charge < -0.3 is 5.11 Å². The van der Waals surface area contributed by atoms with Crippen LogP contribution in [0.1, 0.15) is 57.1 Å². The number of hydrogen-bond acceptors (Lipinski definition) is 1. The van der Waals surface area contributed by atoms with Crippen molar-refractivity contribution in [3.63, 3.8) is 0 Å². The third-order valence-corrected chi connectivity index (χ3v) is 6.35. The molecular formula is C17H24O. The molecule has 1 nitrogen and oxygen atoms in total. The van der Waals surface area contributed by atoms with Crippen molar-refractivity contribution in [2.45, 2.75) is 52.9 Å². The van der Waals surface area contributed by atoms with Crippen LogP contribution in [0.3, 0.4) is 0 Å². The number of aromatic hydroxyl groups is 1. The van der Waals surface area contributed by atoms with Crippen molar-refractivity contribution in [2.75, 3.05) is 0 Å². The van der Waals surface area contributed by atoms with Crippen molar-refractivity contribution < 1.29 is 5.11 Å². The highest BCUT2D eigenvalue weighted by Gasteiger charge is 2.61. The summed E-state index contributed by atoms with van der Waals surface area (Å²) in [6, 6.07) is 6.06. The van der Waals surface area contributed by atoms with Crippen LogP contribution in [0.2, 0.25) is 0 Å². The first-order chi connectivity index (χ1) is 8.36.